The number of imidazole rings is 1. The largest absolute Gasteiger partial charge is 0.329 e. The van der Waals surface area contributed by atoms with Crippen LogP contribution in [0.3, 0.4) is 0 Å². The number of aromatic nitrogens is 4. The van der Waals surface area contributed by atoms with Gasteiger partial charge in [0.25, 0.3) is 5.56 Å². The molecule has 0 saturated carbocycles. The Bertz CT molecular complexity index is 1040. The van der Waals surface area contributed by atoms with E-state index in [1.54, 1.807) is 19.2 Å². The van der Waals surface area contributed by atoms with Crippen molar-refractivity contribution >= 4 is 22.9 Å². The summed E-state index contributed by atoms with van der Waals surface area (Å²) in [5.41, 5.74) is 0.896. The molecule has 6 nitrogen and oxygen atoms in total. The van der Waals surface area contributed by atoms with Crippen LogP contribution in [0.2, 0.25) is 0 Å². The number of hydrogen-bond acceptors (Lipinski definition) is 4. The summed E-state index contributed by atoms with van der Waals surface area (Å²) in [5, 5.41) is 0.692. The van der Waals surface area contributed by atoms with Crippen molar-refractivity contribution in [1.29, 1.82) is 0 Å². The van der Waals surface area contributed by atoms with E-state index < -0.39 is 11.2 Å². The van der Waals surface area contributed by atoms with E-state index in [0.29, 0.717) is 28.6 Å². The molecule has 0 radical (unpaired) electrons. The number of fused-ring (bicyclic) bond motifs is 1. The molecule has 1 aromatic carbocycles. The molecule has 0 saturated heterocycles. The Morgan fingerprint density at radius 2 is 1.89 bits per heavy atom. The van der Waals surface area contributed by atoms with Crippen LogP contribution in [0.4, 0.5) is 4.39 Å². The molecular weight excluding hydrogens is 367 g/mol. The molecule has 3 aromatic rings. The number of benzene rings is 1. The fourth-order valence-corrected chi connectivity index (χ4v) is 3.94. The van der Waals surface area contributed by atoms with Crippen molar-refractivity contribution in [2.75, 3.05) is 0 Å². The van der Waals surface area contributed by atoms with Gasteiger partial charge in [-0.05, 0) is 24.1 Å². The second-order valence-corrected chi connectivity index (χ2v) is 7.45. The smallest absolute Gasteiger partial charge is 0.313 e. The van der Waals surface area contributed by atoms with Gasteiger partial charge in [-0.1, -0.05) is 50.1 Å². The van der Waals surface area contributed by atoms with Gasteiger partial charge in [0.05, 0.1) is 0 Å². The van der Waals surface area contributed by atoms with Crippen molar-refractivity contribution in [3.05, 3.63) is 56.5 Å². The molecule has 144 valence electrons. The predicted molar refractivity (Wildman–Crippen MR) is 106 cm³/mol. The maximum absolute atomic E-state index is 13.1. The molecule has 0 aliphatic heterocycles. The minimum atomic E-state index is -0.474. The lowest BCUT2D eigenvalue weighted by Gasteiger charge is -2.08. The van der Waals surface area contributed by atoms with Crippen molar-refractivity contribution in [3.8, 4) is 0 Å². The predicted octanol–water partition coefficient (Wildman–Crippen LogP) is 3.44. The van der Waals surface area contributed by atoms with Crippen LogP contribution in [0.1, 0.15) is 38.2 Å². The molecule has 2 heterocycles. The fraction of sp³-hybridized carbons (Fsp3) is 0.421. The fourth-order valence-electron chi connectivity index (χ4n) is 2.96. The molecule has 0 aliphatic rings. The van der Waals surface area contributed by atoms with E-state index in [9.17, 15) is 14.0 Å². The van der Waals surface area contributed by atoms with Crippen molar-refractivity contribution < 1.29 is 4.39 Å². The molecule has 2 aromatic heterocycles. The summed E-state index contributed by atoms with van der Waals surface area (Å²) in [6.07, 6.45) is 4.28. The Hall–Kier alpha value is -2.35. The van der Waals surface area contributed by atoms with Gasteiger partial charge in [-0.15, -0.1) is 0 Å². The summed E-state index contributed by atoms with van der Waals surface area (Å²) < 4.78 is 16.4. The summed E-state index contributed by atoms with van der Waals surface area (Å²) in [6, 6.07) is 6.33. The third-order valence-electron chi connectivity index (χ3n) is 4.49. The maximum atomic E-state index is 13.1. The first kappa shape index (κ1) is 19.4. The maximum Gasteiger partial charge on any atom is 0.329 e. The first-order valence-electron chi connectivity index (χ1n) is 9.08. The zero-order chi connectivity index (χ0) is 19.4. The van der Waals surface area contributed by atoms with Crippen molar-refractivity contribution in [2.45, 2.75) is 50.1 Å². The van der Waals surface area contributed by atoms with Gasteiger partial charge >= 0.3 is 5.69 Å². The standard InChI is InChI=1S/C19H23FN4O2S/c1-3-4-5-6-11-24-15-16(23(2)18(26)22-17(15)25)21-19(24)27-12-13-7-9-14(20)10-8-13/h7-10H,3-6,11-12H2,1-2H3,(H,22,25,26). The first-order chi connectivity index (χ1) is 13.0. The van der Waals surface area contributed by atoms with Crippen molar-refractivity contribution in [2.24, 2.45) is 7.05 Å². The van der Waals surface area contributed by atoms with Crippen molar-refractivity contribution in [3.63, 3.8) is 0 Å². The number of unbranched alkanes of at least 4 members (excludes halogenated alkanes) is 3. The van der Waals surface area contributed by atoms with Gasteiger partial charge in [0.15, 0.2) is 16.3 Å². The summed E-state index contributed by atoms with van der Waals surface area (Å²) in [5.74, 6) is 0.332. The molecule has 0 unspecified atom stereocenters. The lowest BCUT2D eigenvalue weighted by Crippen LogP contribution is -2.29. The second kappa shape index (κ2) is 8.56. The molecule has 0 amide bonds. The molecule has 8 heteroatoms. The Kier molecular flexibility index (Phi) is 6.15. The number of aryl methyl sites for hydroxylation is 2. The highest BCUT2D eigenvalue weighted by molar-refractivity contribution is 7.98. The van der Waals surface area contributed by atoms with Gasteiger partial charge in [0.2, 0.25) is 0 Å². The highest BCUT2D eigenvalue weighted by atomic mass is 32.2. The van der Waals surface area contributed by atoms with Crippen LogP contribution < -0.4 is 11.2 Å². The number of halogens is 1. The van der Waals surface area contributed by atoms with Gasteiger partial charge in [0, 0.05) is 19.3 Å². The van der Waals surface area contributed by atoms with E-state index in [0.717, 1.165) is 31.2 Å². The molecule has 3 rings (SSSR count). The average molecular weight is 390 g/mol. The number of nitrogens with zero attached hydrogens (tertiary/aromatic N) is 3. The summed E-state index contributed by atoms with van der Waals surface area (Å²) in [4.78, 5) is 31.2. The zero-order valence-electron chi connectivity index (χ0n) is 15.5. The van der Waals surface area contributed by atoms with Gasteiger partial charge in [0.1, 0.15) is 5.82 Å². The Labute approximate surface area is 160 Å². The first-order valence-corrected chi connectivity index (χ1v) is 10.1. The lowest BCUT2D eigenvalue weighted by molar-refractivity contribution is 0.562. The second-order valence-electron chi connectivity index (χ2n) is 6.51. The van der Waals surface area contributed by atoms with Gasteiger partial charge in [-0.25, -0.2) is 14.2 Å². The van der Waals surface area contributed by atoms with Crippen LogP contribution in [0.5, 0.6) is 0 Å². The number of nitrogens with one attached hydrogen (secondary N) is 1. The minimum absolute atomic E-state index is 0.270. The van der Waals surface area contributed by atoms with Crippen LogP contribution in [-0.2, 0) is 19.3 Å². The number of aromatic amines is 1. The number of thioether (sulfide) groups is 1. The van der Waals surface area contributed by atoms with Crippen LogP contribution >= 0.6 is 11.8 Å². The topological polar surface area (TPSA) is 72.7 Å². The van der Waals surface area contributed by atoms with Gasteiger partial charge in [-0.3, -0.25) is 14.3 Å². The van der Waals surface area contributed by atoms with E-state index in [1.165, 1.54) is 28.5 Å². The molecule has 0 spiro atoms. The molecular formula is C19H23FN4O2S. The number of rotatable bonds is 8. The van der Waals surface area contributed by atoms with Crippen LogP contribution in [0.15, 0.2) is 39.0 Å². The molecule has 27 heavy (non-hydrogen) atoms. The van der Waals surface area contributed by atoms with Crippen LogP contribution in [0.25, 0.3) is 11.2 Å². The summed E-state index contributed by atoms with van der Waals surface area (Å²) in [7, 11) is 1.60. The third kappa shape index (κ3) is 4.32. The van der Waals surface area contributed by atoms with Gasteiger partial charge in [-0.2, -0.15) is 0 Å². The Morgan fingerprint density at radius 3 is 2.59 bits per heavy atom. The zero-order valence-corrected chi connectivity index (χ0v) is 16.3. The van der Waals surface area contributed by atoms with Crippen LogP contribution in [0, 0.1) is 5.82 Å². The van der Waals surface area contributed by atoms with E-state index in [-0.39, 0.29) is 5.82 Å². The SMILES string of the molecule is CCCCCCn1c(SCc2ccc(F)cc2)nc2c1c(=O)[nH]c(=O)n2C. The normalized spacial score (nSPS) is 11.4. The average Bonchev–Trinajstić information content (AvgIpc) is 3.02. The molecule has 0 atom stereocenters. The molecule has 0 bridgehead atoms. The minimum Gasteiger partial charge on any atom is -0.313 e. The van der Waals surface area contributed by atoms with Crippen molar-refractivity contribution in [1.82, 2.24) is 19.1 Å². The molecule has 1 N–H and O–H groups in total. The Morgan fingerprint density at radius 1 is 1.15 bits per heavy atom. The van der Waals surface area contributed by atoms with Crippen LogP contribution in [-0.4, -0.2) is 19.1 Å². The summed E-state index contributed by atoms with van der Waals surface area (Å²) >= 11 is 1.48. The molecule has 0 aliphatic carbocycles. The van der Waals surface area contributed by atoms with E-state index in [1.807, 2.05) is 4.57 Å². The monoisotopic (exact) mass is 390 g/mol. The van der Waals surface area contributed by atoms with Gasteiger partial charge < -0.3 is 4.57 Å². The lowest BCUT2D eigenvalue weighted by atomic mass is 10.2. The van der Waals surface area contributed by atoms with E-state index in [4.69, 9.17) is 0 Å². The summed E-state index contributed by atoms with van der Waals surface area (Å²) in [6.45, 7) is 2.82. The van der Waals surface area contributed by atoms with E-state index >= 15 is 0 Å². The van der Waals surface area contributed by atoms with E-state index in [2.05, 4.69) is 16.9 Å². The number of hydrogen-bond donors (Lipinski definition) is 1. The molecule has 0 fully saturated rings. The number of H-pyrrole nitrogens is 1. The Balaban J connectivity index is 1.95. The highest BCUT2D eigenvalue weighted by Gasteiger charge is 2.17. The highest BCUT2D eigenvalue weighted by Crippen LogP contribution is 2.25. The quantitative estimate of drug-likeness (QED) is 0.472. The third-order valence-corrected chi connectivity index (χ3v) is 5.54.